The van der Waals surface area contributed by atoms with E-state index in [2.05, 4.69) is 20.3 Å². The smallest absolute Gasteiger partial charge is 0.251 e. The number of carbonyl (C=O) groups excluding carboxylic acids is 1. The second kappa shape index (κ2) is 8.50. The molecule has 2 N–H and O–H groups in total. The summed E-state index contributed by atoms with van der Waals surface area (Å²) in [5, 5.41) is 14.5. The van der Waals surface area contributed by atoms with Crippen LogP contribution in [-0.4, -0.2) is 46.2 Å². The molecule has 0 aliphatic heterocycles. The molecule has 0 aliphatic carbocycles. The minimum Gasteiger partial charge on any atom is -0.395 e. The van der Waals surface area contributed by atoms with Crippen molar-refractivity contribution in [2.24, 2.45) is 0 Å². The summed E-state index contributed by atoms with van der Waals surface area (Å²) in [6, 6.07) is 7.26. The number of nitrogens with zero attached hydrogens (tertiary/aromatic N) is 4. The summed E-state index contributed by atoms with van der Waals surface area (Å²) in [5.41, 5.74) is 3.03. The molecule has 1 aromatic carbocycles. The van der Waals surface area contributed by atoms with Crippen molar-refractivity contribution in [1.82, 2.24) is 20.3 Å². The van der Waals surface area contributed by atoms with Crippen molar-refractivity contribution in [3.05, 3.63) is 59.5 Å². The number of aromatic nitrogens is 3. The molecular weight excluding hydrogens is 350 g/mol. The van der Waals surface area contributed by atoms with Crippen LogP contribution in [0.15, 0.2) is 48.2 Å². The number of benzene rings is 1. The highest BCUT2D eigenvalue weighted by molar-refractivity contribution is 7.13. The molecule has 8 heteroatoms. The molecule has 7 nitrogen and oxygen atoms in total. The second-order valence-electron chi connectivity index (χ2n) is 5.61. The molecule has 3 aromatic rings. The lowest BCUT2D eigenvalue weighted by Gasteiger charge is -2.17. The maximum atomic E-state index is 12.3. The lowest BCUT2D eigenvalue weighted by molar-refractivity contribution is 0.0950. The molecule has 0 saturated carbocycles. The van der Waals surface area contributed by atoms with E-state index in [0.717, 1.165) is 22.1 Å². The Hall–Kier alpha value is -2.84. The zero-order valence-corrected chi connectivity index (χ0v) is 15.1. The minimum absolute atomic E-state index is 0.0862. The summed E-state index contributed by atoms with van der Waals surface area (Å²) in [7, 11) is 1.89. The molecule has 0 fully saturated rings. The van der Waals surface area contributed by atoms with Crippen molar-refractivity contribution < 1.29 is 9.90 Å². The van der Waals surface area contributed by atoms with Crippen LogP contribution in [0.25, 0.3) is 10.7 Å². The van der Waals surface area contributed by atoms with Gasteiger partial charge in [0.1, 0.15) is 10.7 Å². The summed E-state index contributed by atoms with van der Waals surface area (Å²) >= 11 is 1.47. The molecule has 2 heterocycles. The van der Waals surface area contributed by atoms with E-state index < -0.39 is 0 Å². The van der Waals surface area contributed by atoms with Crippen LogP contribution in [0.4, 0.5) is 5.69 Å². The van der Waals surface area contributed by atoms with E-state index in [-0.39, 0.29) is 12.5 Å². The largest absolute Gasteiger partial charge is 0.395 e. The van der Waals surface area contributed by atoms with Gasteiger partial charge in [-0.15, -0.1) is 11.3 Å². The van der Waals surface area contributed by atoms with Gasteiger partial charge in [-0.1, -0.05) is 0 Å². The van der Waals surface area contributed by atoms with Crippen LogP contribution in [0, 0.1) is 0 Å². The molecule has 0 saturated heterocycles. The van der Waals surface area contributed by atoms with Gasteiger partial charge >= 0.3 is 0 Å². The molecule has 0 unspecified atom stereocenters. The van der Waals surface area contributed by atoms with Gasteiger partial charge in [0, 0.05) is 42.6 Å². The molecule has 0 spiro atoms. The number of carbonyl (C=O) groups is 1. The number of hydrogen-bond acceptors (Lipinski definition) is 7. The first-order valence-electron chi connectivity index (χ1n) is 8.08. The fourth-order valence-electron chi connectivity index (χ4n) is 2.33. The zero-order chi connectivity index (χ0) is 18.4. The van der Waals surface area contributed by atoms with Crippen LogP contribution in [0.2, 0.25) is 0 Å². The standard InChI is InChI=1S/C18H19N5O2S/c1-23(8-9-24)15-4-2-13(3-5-15)17(25)21-10-14-12-26-18(22-14)16-11-19-6-7-20-16/h2-7,11-12,24H,8-10H2,1H3,(H,21,25). The molecule has 2 aromatic heterocycles. The van der Waals surface area contributed by atoms with Crippen LogP contribution in [-0.2, 0) is 6.54 Å². The molecule has 0 atom stereocenters. The predicted octanol–water partition coefficient (Wildman–Crippen LogP) is 1.96. The fraction of sp³-hybridized carbons (Fsp3) is 0.222. The Morgan fingerprint density at radius 2 is 2.08 bits per heavy atom. The number of aliphatic hydroxyl groups excluding tert-OH is 1. The van der Waals surface area contributed by atoms with Crippen LogP contribution in [0.1, 0.15) is 16.1 Å². The van der Waals surface area contributed by atoms with Crippen molar-refractivity contribution in [3.63, 3.8) is 0 Å². The Bertz CT molecular complexity index is 852. The highest BCUT2D eigenvalue weighted by Crippen LogP contribution is 2.20. The van der Waals surface area contributed by atoms with Gasteiger partial charge in [-0.25, -0.2) is 4.98 Å². The summed E-state index contributed by atoms with van der Waals surface area (Å²) in [6.45, 7) is 0.980. The van der Waals surface area contributed by atoms with E-state index in [4.69, 9.17) is 5.11 Å². The Labute approximate surface area is 155 Å². The van der Waals surface area contributed by atoms with Crippen molar-refractivity contribution >= 4 is 22.9 Å². The molecule has 0 bridgehead atoms. The first kappa shape index (κ1) is 18.0. The number of amides is 1. The minimum atomic E-state index is -0.157. The quantitative estimate of drug-likeness (QED) is 0.662. The van der Waals surface area contributed by atoms with Crippen LogP contribution < -0.4 is 10.2 Å². The van der Waals surface area contributed by atoms with Crippen molar-refractivity contribution in [2.45, 2.75) is 6.54 Å². The van der Waals surface area contributed by atoms with Gasteiger partial charge in [-0.2, -0.15) is 0 Å². The van der Waals surface area contributed by atoms with Gasteiger partial charge in [-0.3, -0.25) is 14.8 Å². The highest BCUT2D eigenvalue weighted by Gasteiger charge is 2.09. The summed E-state index contributed by atoms with van der Waals surface area (Å²) in [5.74, 6) is -0.157. The number of likely N-dealkylation sites (N-methyl/N-ethyl adjacent to an activating group) is 1. The molecule has 1 amide bonds. The lowest BCUT2D eigenvalue weighted by Crippen LogP contribution is -2.23. The summed E-state index contributed by atoms with van der Waals surface area (Å²) in [6.07, 6.45) is 4.90. The average Bonchev–Trinajstić information content (AvgIpc) is 3.16. The third-order valence-electron chi connectivity index (χ3n) is 3.77. The normalized spacial score (nSPS) is 10.5. The number of aliphatic hydroxyl groups is 1. The number of hydrogen-bond donors (Lipinski definition) is 2. The molecule has 0 aliphatic rings. The highest BCUT2D eigenvalue weighted by atomic mass is 32.1. The summed E-state index contributed by atoms with van der Waals surface area (Å²) in [4.78, 5) is 26.9. The van der Waals surface area contributed by atoms with E-state index in [1.165, 1.54) is 11.3 Å². The third kappa shape index (κ3) is 4.41. The first-order chi connectivity index (χ1) is 12.7. The van der Waals surface area contributed by atoms with E-state index in [1.54, 1.807) is 30.7 Å². The second-order valence-corrected chi connectivity index (χ2v) is 6.47. The Morgan fingerprint density at radius 1 is 1.27 bits per heavy atom. The fourth-order valence-corrected chi connectivity index (χ4v) is 3.11. The van der Waals surface area contributed by atoms with Crippen molar-refractivity contribution in [1.29, 1.82) is 0 Å². The van der Waals surface area contributed by atoms with Crippen LogP contribution in [0.3, 0.4) is 0 Å². The monoisotopic (exact) mass is 369 g/mol. The maximum absolute atomic E-state index is 12.3. The van der Waals surface area contributed by atoms with Gasteiger partial charge in [0.05, 0.1) is 25.0 Å². The molecule has 26 heavy (non-hydrogen) atoms. The number of rotatable bonds is 7. The van der Waals surface area contributed by atoms with E-state index in [0.29, 0.717) is 18.7 Å². The average molecular weight is 369 g/mol. The number of nitrogens with one attached hydrogen (secondary N) is 1. The Morgan fingerprint density at radius 3 is 2.77 bits per heavy atom. The zero-order valence-electron chi connectivity index (χ0n) is 14.3. The van der Waals surface area contributed by atoms with Gasteiger partial charge in [0.15, 0.2) is 0 Å². The van der Waals surface area contributed by atoms with Crippen LogP contribution in [0.5, 0.6) is 0 Å². The SMILES string of the molecule is CN(CCO)c1ccc(C(=O)NCc2csc(-c3cnccn3)n2)cc1. The molecule has 3 rings (SSSR count). The number of thiazole rings is 1. The molecule has 134 valence electrons. The van der Waals surface area contributed by atoms with E-state index in [1.807, 2.05) is 29.5 Å². The summed E-state index contributed by atoms with van der Waals surface area (Å²) < 4.78 is 0. The Kier molecular flexibility index (Phi) is 5.88. The van der Waals surface area contributed by atoms with E-state index >= 15 is 0 Å². The topological polar surface area (TPSA) is 91.2 Å². The lowest BCUT2D eigenvalue weighted by atomic mass is 10.2. The Balaban J connectivity index is 1.58. The number of anilines is 1. The van der Waals surface area contributed by atoms with Gasteiger partial charge in [0.25, 0.3) is 5.91 Å². The van der Waals surface area contributed by atoms with Gasteiger partial charge in [0.2, 0.25) is 0 Å². The van der Waals surface area contributed by atoms with E-state index in [9.17, 15) is 4.79 Å². The van der Waals surface area contributed by atoms with Crippen molar-refractivity contribution in [2.75, 3.05) is 25.1 Å². The molecular formula is C18H19N5O2S. The maximum Gasteiger partial charge on any atom is 0.251 e. The predicted molar refractivity (Wildman–Crippen MR) is 101 cm³/mol. The first-order valence-corrected chi connectivity index (χ1v) is 8.96. The van der Waals surface area contributed by atoms with Crippen molar-refractivity contribution in [3.8, 4) is 10.7 Å². The van der Waals surface area contributed by atoms with Gasteiger partial charge in [-0.05, 0) is 24.3 Å². The third-order valence-corrected chi connectivity index (χ3v) is 4.68. The van der Waals surface area contributed by atoms with Crippen LogP contribution >= 0.6 is 11.3 Å². The molecule has 0 radical (unpaired) electrons. The van der Waals surface area contributed by atoms with Gasteiger partial charge < -0.3 is 15.3 Å².